The fourth-order valence-electron chi connectivity index (χ4n) is 3.20. The molecule has 1 fully saturated rings. The molecule has 4 heteroatoms. The Morgan fingerprint density at radius 1 is 1.05 bits per heavy atom. The minimum atomic E-state index is 0.417. The van der Waals surface area contributed by atoms with E-state index in [1.54, 1.807) is 0 Å². The summed E-state index contributed by atoms with van der Waals surface area (Å²) in [6.45, 7) is 0. The molecule has 0 amide bonds. The molecule has 1 saturated carbocycles. The molecule has 3 nitrogen and oxygen atoms in total. The number of anilines is 1. The molecule has 108 valence electrons. The van der Waals surface area contributed by atoms with Crippen LogP contribution in [0.15, 0.2) is 28.7 Å². The lowest BCUT2D eigenvalue weighted by Crippen LogP contribution is -2.10. The molecule has 0 aliphatic heterocycles. The summed E-state index contributed by atoms with van der Waals surface area (Å²) in [4.78, 5) is 9.67. The first-order valence-corrected chi connectivity index (χ1v) is 8.37. The minimum absolute atomic E-state index is 0.417. The van der Waals surface area contributed by atoms with E-state index in [0.29, 0.717) is 11.8 Å². The maximum absolute atomic E-state index is 4.91. The molecule has 0 spiro atoms. The number of rotatable bonds is 3. The Balaban J connectivity index is 1.71. The molecule has 0 bridgehead atoms. The van der Waals surface area contributed by atoms with E-state index in [2.05, 4.69) is 45.5 Å². The third-order valence-corrected chi connectivity index (χ3v) is 5.29. The lowest BCUT2D eigenvalue weighted by Gasteiger charge is -2.14. The fraction of sp³-hybridized carbons (Fsp3) is 0.412. The van der Waals surface area contributed by atoms with Gasteiger partial charge in [0.15, 0.2) is 0 Å². The number of aromatic nitrogens is 2. The second-order valence-corrected chi connectivity index (χ2v) is 6.82. The van der Waals surface area contributed by atoms with Gasteiger partial charge >= 0.3 is 0 Å². The van der Waals surface area contributed by atoms with E-state index in [-0.39, 0.29) is 0 Å². The van der Waals surface area contributed by atoms with Crippen LogP contribution in [-0.2, 0) is 12.8 Å². The van der Waals surface area contributed by atoms with E-state index in [1.807, 2.05) is 7.05 Å². The highest BCUT2D eigenvalue weighted by atomic mass is 79.9. The smallest absolute Gasteiger partial charge is 0.144 e. The maximum Gasteiger partial charge on any atom is 0.144 e. The highest BCUT2D eigenvalue weighted by molar-refractivity contribution is 9.10. The van der Waals surface area contributed by atoms with Crippen molar-refractivity contribution in [2.45, 2.75) is 37.5 Å². The lowest BCUT2D eigenvalue weighted by molar-refractivity contribution is 0.673. The number of nitrogens with one attached hydrogen (secondary N) is 1. The maximum atomic E-state index is 4.91. The van der Waals surface area contributed by atoms with Gasteiger partial charge in [-0.3, -0.25) is 0 Å². The summed E-state index contributed by atoms with van der Waals surface area (Å²) in [7, 11) is 1.93. The average Bonchev–Trinajstić information content (AvgIpc) is 3.25. The second kappa shape index (κ2) is 5.09. The van der Waals surface area contributed by atoms with Crippen molar-refractivity contribution in [1.29, 1.82) is 0 Å². The molecule has 21 heavy (non-hydrogen) atoms. The molecule has 4 rings (SSSR count). The van der Waals surface area contributed by atoms with Crippen molar-refractivity contribution in [3.63, 3.8) is 0 Å². The Hall–Kier alpha value is -1.42. The van der Waals surface area contributed by atoms with E-state index >= 15 is 0 Å². The zero-order valence-corrected chi connectivity index (χ0v) is 13.7. The molecule has 2 aliphatic carbocycles. The van der Waals surface area contributed by atoms with Crippen molar-refractivity contribution in [2.24, 2.45) is 0 Å². The van der Waals surface area contributed by atoms with Gasteiger partial charge in [0.25, 0.3) is 0 Å². The summed E-state index contributed by atoms with van der Waals surface area (Å²) in [5, 5.41) is 3.21. The molecular formula is C17H18BrN3. The molecule has 0 unspecified atom stereocenters. The molecular weight excluding hydrogens is 326 g/mol. The van der Waals surface area contributed by atoms with Crippen molar-refractivity contribution < 1.29 is 0 Å². The van der Waals surface area contributed by atoms with Crippen LogP contribution in [0.3, 0.4) is 0 Å². The summed E-state index contributed by atoms with van der Waals surface area (Å²) in [5.74, 6) is 2.97. The van der Waals surface area contributed by atoms with Crippen molar-refractivity contribution in [2.75, 3.05) is 12.4 Å². The first-order chi connectivity index (χ1) is 10.3. The summed E-state index contributed by atoms with van der Waals surface area (Å²) >= 11 is 3.67. The molecule has 1 aromatic carbocycles. The third kappa shape index (κ3) is 2.35. The Bertz CT molecular complexity index is 669. The van der Waals surface area contributed by atoms with Gasteiger partial charge in [0, 0.05) is 18.9 Å². The SMILES string of the molecule is CNc1nc(C2Cc3ccccc3C2)nc(C2CC2)c1Br. The van der Waals surface area contributed by atoms with Gasteiger partial charge < -0.3 is 5.32 Å². The zero-order chi connectivity index (χ0) is 14.4. The number of fused-ring (bicyclic) bond motifs is 1. The van der Waals surface area contributed by atoms with Crippen LogP contribution in [0.2, 0.25) is 0 Å². The number of halogens is 1. The molecule has 2 aromatic rings. The zero-order valence-electron chi connectivity index (χ0n) is 12.1. The number of nitrogens with zero attached hydrogens (tertiary/aromatic N) is 2. The second-order valence-electron chi connectivity index (χ2n) is 6.03. The highest BCUT2D eigenvalue weighted by Crippen LogP contribution is 2.44. The molecule has 1 aromatic heterocycles. The van der Waals surface area contributed by atoms with E-state index in [0.717, 1.165) is 29.0 Å². The summed E-state index contributed by atoms with van der Waals surface area (Å²) < 4.78 is 1.05. The minimum Gasteiger partial charge on any atom is -0.372 e. The predicted octanol–water partition coefficient (Wildman–Crippen LogP) is 4.04. The van der Waals surface area contributed by atoms with Crippen LogP contribution in [0.5, 0.6) is 0 Å². The van der Waals surface area contributed by atoms with Crippen molar-refractivity contribution in [3.05, 3.63) is 51.4 Å². The molecule has 1 heterocycles. The van der Waals surface area contributed by atoms with Gasteiger partial charge in [-0.25, -0.2) is 9.97 Å². The highest BCUT2D eigenvalue weighted by Gasteiger charge is 2.32. The van der Waals surface area contributed by atoms with Crippen LogP contribution in [0.1, 0.15) is 47.3 Å². The Labute approximate surface area is 133 Å². The molecule has 0 atom stereocenters. The van der Waals surface area contributed by atoms with E-state index in [4.69, 9.17) is 9.97 Å². The van der Waals surface area contributed by atoms with Gasteiger partial charge in [-0.15, -0.1) is 0 Å². The molecule has 0 radical (unpaired) electrons. The molecule has 2 aliphatic rings. The summed E-state index contributed by atoms with van der Waals surface area (Å²) in [6, 6.07) is 8.71. The van der Waals surface area contributed by atoms with Gasteiger partial charge in [0.2, 0.25) is 0 Å². The van der Waals surface area contributed by atoms with Gasteiger partial charge in [-0.1, -0.05) is 24.3 Å². The molecule has 1 N–H and O–H groups in total. The van der Waals surface area contributed by atoms with Gasteiger partial charge in [-0.05, 0) is 52.7 Å². The Morgan fingerprint density at radius 3 is 2.29 bits per heavy atom. The first kappa shape index (κ1) is 13.3. The van der Waals surface area contributed by atoms with E-state index in [9.17, 15) is 0 Å². The summed E-state index contributed by atoms with van der Waals surface area (Å²) in [5.41, 5.74) is 4.10. The first-order valence-electron chi connectivity index (χ1n) is 7.58. The van der Waals surface area contributed by atoms with Crippen molar-refractivity contribution in [1.82, 2.24) is 9.97 Å². The van der Waals surface area contributed by atoms with Crippen LogP contribution in [0.4, 0.5) is 5.82 Å². The van der Waals surface area contributed by atoms with Crippen LogP contribution in [0, 0.1) is 0 Å². The van der Waals surface area contributed by atoms with E-state index < -0.39 is 0 Å². The van der Waals surface area contributed by atoms with Crippen LogP contribution >= 0.6 is 15.9 Å². The Kier molecular flexibility index (Phi) is 3.21. The van der Waals surface area contributed by atoms with Crippen LogP contribution < -0.4 is 5.32 Å². The standard InChI is InChI=1S/C17H18BrN3/c1-19-17-14(18)15(10-6-7-10)20-16(21-17)13-8-11-4-2-3-5-12(11)9-13/h2-5,10,13H,6-9H2,1H3,(H,19,20,21). The van der Waals surface area contributed by atoms with E-state index in [1.165, 1.54) is 29.7 Å². The normalized spacial score (nSPS) is 17.8. The van der Waals surface area contributed by atoms with Crippen molar-refractivity contribution in [3.8, 4) is 0 Å². The predicted molar refractivity (Wildman–Crippen MR) is 87.8 cm³/mol. The number of hydrogen-bond acceptors (Lipinski definition) is 3. The number of benzene rings is 1. The third-order valence-electron chi connectivity index (χ3n) is 4.51. The topological polar surface area (TPSA) is 37.8 Å². The molecule has 0 saturated heterocycles. The monoisotopic (exact) mass is 343 g/mol. The fourth-order valence-corrected chi connectivity index (χ4v) is 3.90. The largest absolute Gasteiger partial charge is 0.372 e. The summed E-state index contributed by atoms with van der Waals surface area (Å²) in [6.07, 6.45) is 4.63. The number of hydrogen-bond donors (Lipinski definition) is 1. The lowest BCUT2D eigenvalue weighted by atomic mass is 10.1. The quantitative estimate of drug-likeness (QED) is 0.913. The van der Waals surface area contributed by atoms with Gasteiger partial charge in [0.05, 0.1) is 10.2 Å². The average molecular weight is 344 g/mol. The Morgan fingerprint density at radius 2 is 1.71 bits per heavy atom. The van der Waals surface area contributed by atoms with Gasteiger partial charge in [-0.2, -0.15) is 0 Å². The van der Waals surface area contributed by atoms with Crippen LogP contribution in [-0.4, -0.2) is 17.0 Å². The van der Waals surface area contributed by atoms with Crippen molar-refractivity contribution >= 4 is 21.7 Å². The van der Waals surface area contributed by atoms with Crippen LogP contribution in [0.25, 0.3) is 0 Å². The van der Waals surface area contributed by atoms with Gasteiger partial charge in [0.1, 0.15) is 11.6 Å².